The summed E-state index contributed by atoms with van der Waals surface area (Å²) >= 11 is 0. The van der Waals surface area contributed by atoms with Gasteiger partial charge in [-0.05, 0) is 6.92 Å². The number of rotatable bonds is 4. The van der Waals surface area contributed by atoms with E-state index in [-0.39, 0.29) is 27.1 Å². The average Bonchev–Trinajstić information content (AvgIpc) is 2.15. The Kier molecular flexibility index (Phi) is 6.78. The maximum atomic E-state index is 4.49. The monoisotopic (exact) mass is 358 g/mol. The summed E-state index contributed by atoms with van der Waals surface area (Å²) in [5.41, 5.74) is 2.34. The normalized spacial score (nSPS) is 11.6. The van der Waals surface area contributed by atoms with Crippen LogP contribution < -0.4 is 0 Å². The van der Waals surface area contributed by atoms with Gasteiger partial charge in [-0.2, -0.15) is 6.54 Å². The van der Waals surface area contributed by atoms with Crippen molar-refractivity contribution in [3.05, 3.63) is 53.4 Å². The van der Waals surface area contributed by atoms with E-state index >= 15 is 0 Å². The minimum absolute atomic E-state index is 0. The third kappa shape index (κ3) is 3.77. The number of nitrogens with zero attached hydrogens (tertiary/aromatic N) is 1. The molecule has 0 bridgehead atoms. The second-order valence-corrected chi connectivity index (χ2v) is 3.16. The molecule has 2 heteroatoms. The van der Waals surface area contributed by atoms with Gasteiger partial charge in [0.1, 0.15) is 0 Å². The molecule has 0 aromatic heterocycles. The van der Waals surface area contributed by atoms with E-state index in [9.17, 15) is 0 Å². The average molecular weight is 358 g/mol. The molecular weight excluding hydrogens is 342 g/mol. The molecule has 0 fully saturated rings. The van der Waals surface area contributed by atoms with E-state index in [4.69, 9.17) is 0 Å². The molecule has 0 radical (unpaired) electrons. The van der Waals surface area contributed by atoms with Crippen LogP contribution in [0.3, 0.4) is 0 Å². The zero-order valence-corrected chi connectivity index (χ0v) is 11.7. The van der Waals surface area contributed by atoms with Crippen molar-refractivity contribution in [2.24, 2.45) is 0 Å². The predicted octanol–water partition coefficient (Wildman–Crippen LogP) is 3.69. The van der Waals surface area contributed by atoms with E-state index < -0.39 is 0 Å². The molecule has 0 saturated heterocycles. The topological polar surface area (TPSA) is 14.1 Å². The summed E-state index contributed by atoms with van der Waals surface area (Å²) in [6.45, 7) is 8.88. The molecule has 1 unspecified atom stereocenters. The Morgan fingerprint density at radius 2 is 1.93 bits per heavy atom. The fourth-order valence-electron chi connectivity index (χ4n) is 1.36. The summed E-state index contributed by atoms with van der Waals surface area (Å²) in [5, 5.41) is 4.49. The van der Waals surface area contributed by atoms with Crippen molar-refractivity contribution >= 4 is 0 Å². The molecule has 0 heterocycles. The summed E-state index contributed by atoms with van der Waals surface area (Å²) in [5.74, 6) is 0. The predicted molar refractivity (Wildman–Crippen MR) is 57.9 cm³/mol. The first-order valence-electron chi connectivity index (χ1n) is 4.62. The smallest absolute Gasteiger partial charge is 0 e. The minimum atomic E-state index is 0. The molecule has 1 atom stereocenters. The van der Waals surface area contributed by atoms with Crippen LogP contribution in [-0.4, -0.2) is 6.54 Å². The van der Waals surface area contributed by atoms with E-state index in [1.807, 2.05) is 25.1 Å². The summed E-state index contributed by atoms with van der Waals surface area (Å²) in [6, 6.07) is 10.5. The van der Waals surface area contributed by atoms with Gasteiger partial charge in [0.15, 0.2) is 0 Å². The number of likely N-dealkylation sites (N-methyl/N-ethyl adjacent to an activating group) is 1. The molecule has 0 aliphatic rings. The second kappa shape index (κ2) is 6.97. The van der Waals surface area contributed by atoms with E-state index in [1.54, 1.807) is 0 Å². The van der Waals surface area contributed by atoms with Crippen LogP contribution in [0.4, 0.5) is 0 Å². The first kappa shape index (κ1) is 13.6. The quantitative estimate of drug-likeness (QED) is 0.729. The van der Waals surface area contributed by atoms with Gasteiger partial charge >= 0.3 is 0 Å². The van der Waals surface area contributed by atoms with Gasteiger partial charge in [-0.25, -0.2) is 0 Å². The van der Waals surface area contributed by atoms with Crippen molar-refractivity contribution in [1.29, 1.82) is 0 Å². The molecule has 1 aromatic rings. The van der Waals surface area contributed by atoms with Crippen LogP contribution in [0, 0.1) is 0 Å². The molecule has 0 aliphatic heterocycles. The maximum Gasteiger partial charge on any atom is 0 e. The van der Waals surface area contributed by atoms with Crippen LogP contribution >= 0.6 is 0 Å². The Hall–Kier alpha value is -0.392. The zero-order chi connectivity index (χ0) is 9.68. The van der Waals surface area contributed by atoms with Gasteiger partial charge in [0.25, 0.3) is 0 Å². The largest absolute Gasteiger partial charge is 0.652 e. The van der Waals surface area contributed by atoms with Crippen molar-refractivity contribution in [3.8, 4) is 0 Å². The van der Waals surface area contributed by atoms with Crippen LogP contribution in [0.5, 0.6) is 0 Å². The molecule has 0 N–H and O–H groups in total. The van der Waals surface area contributed by atoms with Crippen molar-refractivity contribution in [2.75, 3.05) is 6.54 Å². The fraction of sp³-hybridized carbons (Fsp3) is 0.333. The molecule has 1 aromatic carbocycles. The van der Waals surface area contributed by atoms with Crippen molar-refractivity contribution in [3.63, 3.8) is 0 Å². The third-order valence-corrected chi connectivity index (χ3v) is 1.95. The molecular formula is C12H16NW-. The van der Waals surface area contributed by atoms with Gasteiger partial charge in [0.2, 0.25) is 0 Å². The SMILES string of the molecule is C=C(C)C([N-]CC)c1ccccc1.[W]. The van der Waals surface area contributed by atoms with Crippen LogP contribution in [-0.2, 0) is 21.1 Å². The summed E-state index contributed by atoms with van der Waals surface area (Å²) in [6.07, 6.45) is 0. The third-order valence-electron chi connectivity index (χ3n) is 1.95. The van der Waals surface area contributed by atoms with E-state index in [0.717, 1.165) is 12.1 Å². The first-order valence-corrected chi connectivity index (χ1v) is 4.62. The summed E-state index contributed by atoms with van der Waals surface area (Å²) in [4.78, 5) is 0. The van der Waals surface area contributed by atoms with E-state index in [2.05, 4.69) is 31.0 Å². The fourth-order valence-corrected chi connectivity index (χ4v) is 1.36. The Labute approximate surface area is 101 Å². The van der Waals surface area contributed by atoms with Crippen LogP contribution in [0.2, 0.25) is 0 Å². The molecule has 1 nitrogen and oxygen atoms in total. The van der Waals surface area contributed by atoms with Gasteiger partial charge in [-0.15, -0.1) is 6.58 Å². The molecule has 76 valence electrons. The maximum absolute atomic E-state index is 4.49. The number of hydrogen-bond acceptors (Lipinski definition) is 0. The molecule has 1 rings (SSSR count). The number of benzene rings is 1. The standard InChI is InChI=1S/C12H16N.W/c1-4-13-12(10(2)3)11-8-6-5-7-9-11;/h5-9,12H,2,4H2,1,3H3;/q-1;. The zero-order valence-electron chi connectivity index (χ0n) is 8.73. The molecule has 0 spiro atoms. The number of hydrogen-bond donors (Lipinski definition) is 0. The van der Waals surface area contributed by atoms with Crippen LogP contribution in [0.25, 0.3) is 5.32 Å². The Morgan fingerprint density at radius 3 is 2.36 bits per heavy atom. The second-order valence-electron chi connectivity index (χ2n) is 3.16. The van der Waals surface area contributed by atoms with Gasteiger partial charge in [-0.1, -0.05) is 54.4 Å². The summed E-state index contributed by atoms with van der Waals surface area (Å²) < 4.78 is 0. The van der Waals surface area contributed by atoms with Crippen molar-refractivity contribution in [2.45, 2.75) is 19.9 Å². The van der Waals surface area contributed by atoms with Gasteiger partial charge in [0, 0.05) is 21.1 Å². The Morgan fingerprint density at radius 1 is 1.36 bits per heavy atom. The van der Waals surface area contributed by atoms with Crippen molar-refractivity contribution < 1.29 is 21.1 Å². The molecule has 0 aliphatic carbocycles. The van der Waals surface area contributed by atoms with E-state index in [1.165, 1.54) is 5.56 Å². The molecule has 0 saturated carbocycles. The Balaban J connectivity index is 0.00000169. The molecule has 0 amide bonds. The van der Waals surface area contributed by atoms with Crippen LogP contribution in [0.1, 0.15) is 25.5 Å². The Bertz CT molecular complexity index is 269. The van der Waals surface area contributed by atoms with Gasteiger partial charge in [-0.3, -0.25) is 0 Å². The first-order chi connectivity index (χ1) is 6.25. The minimum Gasteiger partial charge on any atom is -0.652 e. The van der Waals surface area contributed by atoms with Gasteiger partial charge in [0.05, 0.1) is 0 Å². The molecule has 14 heavy (non-hydrogen) atoms. The summed E-state index contributed by atoms with van der Waals surface area (Å²) in [7, 11) is 0. The van der Waals surface area contributed by atoms with Gasteiger partial charge < -0.3 is 5.32 Å². The van der Waals surface area contributed by atoms with Crippen molar-refractivity contribution in [1.82, 2.24) is 0 Å². The van der Waals surface area contributed by atoms with Crippen LogP contribution in [0.15, 0.2) is 42.5 Å². The van der Waals surface area contributed by atoms with E-state index in [0.29, 0.717) is 0 Å².